The van der Waals surface area contributed by atoms with Gasteiger partial charge in [0, 0.05) is 28.5 Å². The molecule has 100 heavy (non-hydrogen) atoms. The van der Waals surface area contributed by atoms with E-state index in [1.165, 1.54) is 22.5 Å². The van der Waals surface area contributed by atoms with Crippen molar-refractivity contribution in [3.8, 4) is 46.0 Å². The van der Waals surface area contributed by atoms with E-state index in [-0.39, 0.29) is 47.2 Å². The van der Waals surface area contributed by atoms with E-state index in [0.717, 1.165) is 130 Å². The number of thiazole rings is 3. The fourth-order valence-electron chi connectivity index (χ4n) is 9.85. The molecule has 2 aliphatic heterocycles. The number of hydrogen-bond donors (Lipinski definition) is 5. The number of carbonyl (C=O) groups excluding carboxylic acids is 3. The minimum Gasteiger partial charge on any atom is -0.487 e. The number of ketones is 1. The number of piperidine rings is 2. The molecule has 0 bridgehead atoms. The lowest BCUT2D eigenvalue weighted by Crippen LogP contribution is -2.42. The fraction of sp³-hybridized carbons (Fsp3) is 0.319. The molecule has 13 rings (SSSR count). The normalized spacial score (nSPS) is 12.6. The number of fused-ring (bicyclic) bond motifs is 2. The number of alkyl halides is 1. The number of ether oxygens (including phenoxy) is 6. The predicted molar refractivity (Wildman–Crippen MR) is 407 cm³/mol. The van der Waals surface area contributed by atoms with E-state index in [9.17, 15) is 19.4 Å². The van der Waals surface area contributed by atoms with Crippen LogP contribution in [0.5, 0.6) is 23.0 Å². The Balaban J connectivity index is 0.000000209. The molecule has 11 aromatic rings. The highest BCUT2D eigenvalue weighted by Gasteiger charge is 2.26. The molecule has 7 aromatic heterocycles. The Hall–Kier alpha value is -8.87. The van der Waals surface area contributed by atoms with Crippen LogP contribution in [0.4, 0.5) is 0 Å². The zero-order chi connectivity index (χ0) is 68.1. The van der Waals surface area contributed by atoms with Crippen LogP contribution in [0.3, 0.4) is 0 Å². The van der Waals surface area contributed by atoms with E-state index >= 15 is 0 Å². The summed E-state index contributed by atoms with van der Waals surface area (Å²) in [4.78, 5) is 73.3. The number of nitrogens with two attached hydrogens (primary N) is 1. The molecule has 0 unspecified atom stereocenters. The zero-order valence-electron chi connectivity index (χ0n) is 53.7. The minimum absolute atomic E-state index is 0. The average molecular weight is 1500 g/mol. The summed E-state index contributed by atoms with van der Waals surface area (Å²) in [7, 11) is -0.377. The molecule has 0 amide bonds. The Kier molecular flexibility index (Phi) is 33.9. The Labute approximate surface area is 610 Å². The van der Waals surface area contributed by atoms with Crippen molar-refractivity contribution in [1.29, 1.82) is 0 Å². The largest absolute Gasteiger partial charge is 0.487 e. The number of nitrogens with one attached hydrogen (secondary N) is 3. The first-order chi connectivity index (χ1) is 47.3. The van der Waals surface area contributed by atoms with Gasteiger partial charge in [-0.2, -0.15) is 0 Å². The van der Waals surface area contributed by atoms with Crippen molar-refractivity contribution in [2.45, 2.75) is 100 Å². The van der Waals surface area contributed by atoms with Gasteiger partial charge in [0.15, 0.2) is 28.6 Å². The third-order valence-corrected chi connectivity index (χ3v) is 17.8. The van der Waals surface area contributed by atoms with E-state index in [1.807, 2.05) is 151 Å². The van der Waals surface area contributed by atoms with Gasteiger partial charge in [-0.1, -0.05) is 123 Å². The van der Waals surface area contributed by atoms with Crippen molar-refractivity contribution >= 4 is 114 Å². The molecule has 6 N–H and O–H groups in total. The molecule has 0 atom stereocenters. The number of Topliss-reactive ketones (excluding diaryl/α,β-unsaturated/α-hetero) is 1. The van der Waals surface area contributed by atoms with E-state index < -0.39 is 11.8 Å². The Bertz CT molecular complexity index is 4210. The maximum Gasteiger partial charge on any atom is 0.376 e. The molecule has 528 valence electrons. The number of esters is 2. The summed E-state index contributed by atoms with van der Waals surface area (Å²) in [5, 5.41) is 21.5. The first-order valence-electron chi connectivity index (χ1n) is 31.4. The van der Waals surface area contributed by atoms with Crippen LogP contribution in [-0.4, -0.2) is 136 Å². The number of imidazole rings is 2. The Morgan fingerprint density at radius 3 is 1.42 bits per heavy atom. The number of H-pyrrole nitrogens is 2. The third-order valence-electron chi connectivity index (χ3n) is 14.7. The zero-order valence-corrected chi connectivity index (χ0v) is 58.6. The standard InChI is InChI=1S/C22H24BN5O2S.C21H21N5OS.C13H13NO3S.C8H9NOS.C5H7BrO3.3CH4/c1-23(29)28-9-7-15(8-10-28)16-11-18-21(24-12-16)27-22(26-18)19-14-31-20(25-19)13-30-17-5-3-2-4-6-17;1-2-4-16(5-3-1)27-12-19-24-18(13-28-19)21-25-17-10-15(11-23-20(17)26-21)14-6-8-22-9-7-14;1-2-16-13(15)11-9-18-12(14-11)8-17-10-6-4-3-5-7-10;9-8(11)6-10-7-4-2-1-3-5-7;1-2-9-5(8)4(7)3-6;;;/h2-6,11-12,14-15,29H,7-10,13H2,1H3,(H,24,26,27);1-5,10-11,13-14,22H,6-9,12H2,(H,23,25,26);3-7,9H,2,8H2,1H3;1-5H,6H2,(H2,9,11);2-3H2,1H3;3*1H4. The SMILES string of the molecule is C.C.C.CB(O)N1CCC(c2cnc3nc(-c4csc(COc5ccccc5)n4)[nH]c3c2)CC1.CCOC(=O)C(=O)CBr.CCOC(=O)c1csc(COc2ccccc2)n1.NC(=S)COc1ccccc1.c1ccc(OCc2nc(-c3nc4ncc(C5CCNCC5)cc4[nH]3)cs2)cc1. The molecule has 2 aliphatic rings. The van der Waals surface area contributed by atoms with Crippen LogP contribution >= 0.6 is 62.2 Å². The maximum atomic E-state index is 11.4. The second-order valence-corrected chi connectivity index (χ2v) is 25.6. The average Bonchev–Trinajstić information content (AvgIpc) is 1.66. The second kappa shape index (κ2) is 42.3. The Morgan fingerprint density at radius 2 is 1.01 bits per heavy atom. The van der Waals surface area contributed by atoms with E-state index in [2.05, 4.69) is 100 Å². The number of hydrogen-bond acceptors (Lipinski definition) is 23. The van der Waals surface area contributed by atoms with Gasteiger partial charge in [0.05, 0.1) is 29.6 Å². The lowest BCUT2D eigenvalue weighted by atomic mass is 9.79. The number of halogens is 1. The van der Waals surface area contributed by atoms with Crippen LogP contribution in [0, 0.1) is 0 Å². The number of thiocarbonyl (C=S) groups is 1. The molecular formula is C72H86BBrN12O10S4. The summed E-state index contributed by atoms with van der Waals surface area (Å²) in [5.74, 6) is 4.07. The Morgan fingerprint density at radius 1 is 0.600 bits per heavy atom. The summed E-state index contributed by atoms with van der Waals surface area (Å²) in [6, 6.07) is 42.8. The highest BCUT2D eigenvalue weighted by molar-refractivity contribution is 9.09. The number of nitrogens with zero attached hydrogens (tertiary/aromatic N) is 8. The van der Waals surface area contributed by atoms with Crippen LogP contribution in [0.15, 0.2) is 162 Å². The predicted octanol–water partition coefficient (Wildman–Crippen LogP) is 14.7. The molecule has 22 nitrogen and oxygen atoms in total. The fourth-order valence-corrected chi connectivity index (χ4v) is 12.2. The van der Waals surface area contributed by atoms with E-state index in [0.29, 0.717) is 61.2 Å². The number of rotatable bonds is 22. The summed E-state index contributed by atoms with van der Waals surface area (Å²) < 4.78 is 31.6. The molecule has 28 heteroatoms. The summed E-state index contributed by atoms with van der Waals surface area (Å²) in [6.07, 6.45) is 8.28. The van der Waals surface area contributed by atoms with Crippen molar-refractivity contribution < 1.29 is 47.8 Å². The van der Waals surface area contributed by atoms with Gasteiger partial charge in [0.2, 0.25) is 5.78 Å². The maximum absolute atomic E-state index is 11.4. The topological polar surface area (TPSA) is 290 Å². The van der Waals surface area contributed by atoms with Crippen LogP contribution in [0.1, 0.15) is 110 Å². The van der Waals surface area contributed by atoms with Gasteiger partial charge in [0.25, 0.3) is 0 Å². The summed E-state index contributed by atoms with van der Waals surface area (Å²) in [5.41, 5.74) is 13.1. The van der Waals surface area contributed by atoms with Gasteiger partial charge in [-0.05, 0) is 156 Å². The van der Waals surface area contributed by atoms with Gasteiger partial charge in [-0.25, -0.2) is 44.5 Å². The lowest BCUT2D eigenvalue weighted by molar-refractivity contribution is -0.152. The van der Waals surface area contributed by atoms with Crippen LogP contribution in [0.2, 0.25) is 6.82 Å². The lowest BCUT2D eigenvalue weighted by Gasteiger charge is -2.32. The molecule has 4 aromatic carbocycles. The van der Waals surface area contributed by atoms with E-state index in [1.54, 1.807) is 41.9 Å². The van der Waals surface area contributed by atoms with Crippen LogP contribution in [-0.2, 0) is 38.9 Å². The van der Waals surface area contributed by atoms with Crippen molar-refractivity contribution in [1.82, 2.24) is 55.0 Å². The van der Waals surface area contributed by atoms with Gasteiger partial charge in [-0.3, -0.25) is 4.79 Å². The molecule has 2 saturated heterocycles. The molecule has 0 spiro atoms. The molecular weight excluding hydrogens is 1410 g/mol. The number of para-hydroxylation sites is 4. The van der Waals surface area contributed by atoms with Crippen molar-refractivity contribution in [2.75, 3.05) is 51.3 Å². The van der Waals surface area contributed by atoms with Crippen LogP contribution in [0.25, 0.3) is 45.4 Å². The molecule has 2 fully saturated rings. The van der Waals surface area contributed by atoms with E-state index in [4.69, 9.17) is 29.4 Å². The molecule has 0 aliphatic carbocycles. The van der Waals surface area contributed by atoms with Gasteiger partial charge >= 0.3 is 19.0 Å². The summed E-state index contributed by atoms with van der Waals surface area (Å²) in [6.45, 7) is 11.4. The number of aromatic amines is 2. The van der Waals surface area contributed by atoms with Gasteiger partial charge < -0.3 is 59.3 Å². The molecule has 9 heterocycles. The van der Waals surface area contributed by atoms with Crippen molar-refractivity contribution in [3.63, 3.8) is 0 Å². The monoisotopic (exact) mass is 1500 g/mol. The van der Waals surface area contributed by atoms with Crippen LogP contribution < -0.4 is 30.0 Å². The quantitative estimate of drug-likeness (QED) is 0.0138. The first-order valence-corrected chi connectivity index (χ1v) is 35.6. The van der Waals surface area contributed by atoms with Gasteiger partial charge in [0.1, 0.15) is 80.8 Å². The number of carbonyl (C=O) groups is 3. The number of pyridine rings is 2. The number of aromatic nitrogens is 9. The third kappa shape index (κ3) is 25.1. The van der Waals surface area contributed by atoms with Crippen molar-refractivity contribution in [3.05, 3.63) is 194 Å². The van der Waals surface area contributed by atoms with Gasteiger partial charge in [-0.15, -0.1) is 34.0 Å². The molecule has 0 saturated carbocycles. The second-order valence-electron chi connectivity index (χ2n) is 21.7. The highest BCUT2D eigenvalue weighted by Crippen LogP contribution is 2.32. The summed E-state index contributed by atoms with van der Waals surface area (Å²) >= 11 is 12.0. The molecule has 0 radical (unpaired) electrons. The van der Waals surface area contributed by atoms with Crippen molar-refractivity contribution in [2.24, 2.45) is 5.73 Å². The first kappa shape index (κ1) is 80.1. The smallest absolute Gasteiger partial charge is 0.376 e. The highest BCUT2D eigenvalue weighted by atomic mass is 79.9. The number of benzene rings is 4. The minimum atomic E-state index is -0.769.